The van der Waals surface area contributed by atoms with Gasteiger partial charge in [0.1, 0.15) is 0 Å². The van der Waals surface area contributed by atoms with E-state index in [-0.39, 0.29) is 17.3 Å². The third-order valence-electron chi connectivity index (χ3n) is 3.18. The van der Waals surface area contributed by atoms with Crippen molar-refractivity contribution in [2.45, 2.75) is 33.6 Å². The number of carbonyl (C=O) groups is 1. The molecule has 1 aliphatic rings. The van der Waals surface area contributed by atoms with E-state index in [2.05, 4.69) is 20.8 Å². The minimum absolute atomic E-state index is 0.00188. The van der Waals surface area contributed by atoms with Crippen LogP contribution >= 0.6 is 0 Å². The smallest absolute Gasteiger partial charge is 0.304 e. The van der Waals surface area contributed by atoms with E-state index in [1.807, 2.05) is 0 Å². The van der Waals surface area contributed by atoms with Crippen LogP contribution in [0.4, 0.5) is 0 Å². The van der Waals surface area contributed by atoms with Gasteiger partial charge in [0.05, 0.1) is 13.0 Å². The van der Waals surface area contributed by atoms with Crippen LogP contribution in [0.5, 0.6) is 0 Å². The van der Waals surface area contributed by atoms with Crippen molar-refractivity contribution in [1.29, 1.82) is 0 Å². The van der Waals surface area contributed by atoms with Crippen molar-refractivity contribution < 1.29 is 14.6 Å². The van der Waals surface area contributed by atoms with E-state index in [9.17, 15) is 4.79 Å². The fourth-order valence-corrected chi connectivity index (χ4v) is 1.89. The molecule has 0 aliphatic carbocycles. The van der Waals surface area contributed by atoms with Gasteiger partial charge < -0.3 is 9.84 Å². The molecule has 0 aromatic carbocycles. The third-order valence-corrected chi connectivity index (χ3v) is 3.18. The van der Waals surface area contributed by atoms with E-state index in [1.54, 1.807) is 0 Å². The highest BCUT2D eigenvalue weighted by molar-refractivity contribution is 5.68. The molecule has 3 nitrogen and oxygen atoms in total. The first kappa shape index (κ1) is 10.5. The molecule has 0 radical (unpaired) electrons. The fraction of sp³-hybridized carbons (Fsp3) is 0.900. The predicted octanol–water partition coefficient (Wildman–Crippen LogP) is 1.91. The summed E-state index contributed by atoms with van der Waals surface area (Å²) in [5.74, 6) is -0.722. The third kappa shape index (κ3) is 2.02. The Hall–Kier alpha value is -0.570. The molecule has 0 saturated carbocycles. The summed E-state index contributed by atoms with van der Waals surface area (Å²) in [4.78, 5) is 10.8. The average Bonchev–Trinajstić information content (AvgIpc) is 2.33. The van der Waals surface area contributed by atoms with Crippen molar-refractivity contribution >= 4 is 5.97 Å². The van der Waals surface area contributed by atoms with E-state index in [1.165, 1.54) is 0 Å². The molecule has 3 heteroatoms. The number of ether oxygens (including phenoxy) is 1. The second-order valence-electron chi connectivity index (χ2n) is 4.90. The van der Waals surface area contributed by atoms with Gasteiger partial charge in [-0.15, -0.1) is 0 Å². The van der Waals surface area contributed by atoms with Crippen molar-refractivity contribution in [1.82, 2.24) is 0 Å². The van der Waals surface area contributed by atoms with Gasteiger partial charge in [-0.25, -0.2) is 0 Å². The molecule has 0 spiro atoms. The molecule has 0 bridgehead atoms. The van der Waals surface area contributed by atoms with Crippen LogP contribution in [0.25, 0.3) is 0 Å². The second-order valence-corrected chi connectivity index (χ2v) is 4.90. The molecular weight excluding hydrogens is 168 g/mol. The van der Waals surface area contributed by atoms with Crippen LogP contribution in [-0.2, 0) is 9.53 Å². The van der Waals surface area contributed by atoms with Crippen molar-refractivity contribution in [3.63, 3.8) is 0 Å². The molecule has 1 saturated heterocycles. The van der Waals surface area contributed by atoms with Crippen molar-refractivity contribution in [3.8, 4) is 0 Å². The number of hydrogen-bond donors (Lipinski definition) is 1. The Bertz CT molecular complexity index is 197. The Morgan fingerprint density at radius 1 is 1.54 bits per heavy atom. The lowest BCUT2D eigenvalue weighted by Crippen LogP contribution is -2.38. The Labute approximate surface area is 79.1 Å². The fourth-order valence-electron chi connectivity index (χ4n) is 1.89. The maximum Gasteiger partial charge on any atom is 0.304 e. The highest BCUT2D eigenvalue weighted by Crippen LogP contribution is 2.47. The van der Waals surface area contributed by atoms with Crippen LogP contribution < -0.4 is 0 Å². The molecule has 0 aromatic rings. The van der Waals surface area contributed by atoms with E-state index < -0.39 is 5.97 Å². The van der Waals surface area contributed by atoms with Gasteiger partial charge >= 0.3 is 5.97 Å². The Morgan fingerprint density at radius 3 is 2.46 bits per heavy atom. The van der Waals surface area contributed by atoms with Crippen molar-refractivity contribution in [2.24, 2.45) is 10.8 Å². The SMILES string of the molecule is CC(C)(C)C1(CC(=O)O)CCOC1. The summed E-state index contributed by atoms with van der Waals surface area (Å²) in [7, 11) is 0. The second kappa shape index (κ2) is 3.29. The summed E-state index contributed by atoms with van der Waals surface area (Å²) in [6, 6.07) is 0. The first-order valence-corrected chi connectivity index (χ1v) is 4.67. The quantitative estimate of drug-likeness (QED) is 0.716. The molecule has 13 heavy (non-hydrogen) atoms. The number of rotatable bonds is 2. The van der Waals surface area contributed by atoms with Crippen LogP contribution in [-0.4, -0.2) is 24.3 Å². The predicted molar refractivity (Wildman–Crippen MR) is 49.6 cm³/mol. The summed E-state index contributed by atoms with van der Waals surface area (Å²) >= 11 is 0. The molecule has 1 rings (SSSR count). The normalized spacial score (nSPS) is 29.2. The van der Waals surface area contributed by atoms with E-state index in [0.717, 1.165) is 6.42 Å². The maximum atomic E-state index is 10.8. The Morgan fingerprint density at radius 2 is 2.15 bits per heavy atom. The van der Waals surface area contributed by atoms with Gasteiger partial charge in [-0.1, -0.05) is 20.8 Å². The van der Waals surface area contributed by atoms with Gasteiger partial charge in [0, 0.05) is 12.0 Å². The Balaban J connectivity index is 2.81. The van der Waals surface area contributed by atoms with E-state index in [4.69, 9.17) is 9.84 Å². The molecule has 1 atom stereocenters. The highest BCUT2D eigenvalue weighted by atomic mass is 16.5. The lowest BCUT2D eigenvalue weighted by molar-refractivity contribution is -0.142. The number of aliphatic carboxylic acids is 1. The molecule has 1 N–H and O–H groups in total. The van der Waals surface area contributed by atoms with Crippen LogP contribution in [0.1, 0.15) is 33.6 Å². The van der Waals surface area contributed by atoms with Gasteiger partial charge in [0.15, 0.2) is 0 Å². The standard InChI is InChI=1S/C10H18O3/c1-9(2,3)10(6-8(11)12)4-5-13-7-10/h4-7H2,1-3H3,(H,11,12). The lowest BCUT2D eigenvalue weighted by atomic mass is 9.64. The maximum absolute atomic E-state index is 10.8. The molecule has 1 fully saturated rings. The van der Waals surface area contributed by atoms with Crippen molar-refractivity contribution in [2.75, 3.05) is 13.2 Å². The topological polar surface area (TPSA) is 46.5 Å². The summed E-state index contributed by atoms with van der Waals surface area (Å²) < 4.78 is 5.32. The largest absolute Gasteiger partial charge is 0.481 e. The van der Waals surface area contributed by atoms with Gasteiger partial charge in [-0.05, 0) is 11.8 Å². The average molecular weight is 186 g/mol. The molecule has 76 valence electrons. The summed E-state index contributed by atoms with van der Waals surface area (Å²) in [6.45, 7) is 7.55. The van der Waals surface area contributed by atoms with Crippen LogP contribution in [0.2, 0.25) is 0 Å². The summed E-state index contributed by atoms with van der Waals surface area (Å²) in [5.41, 5.74) is -0.166. The zero-order valence-corrected chi connectivity index (χ0v) is 8.59. The zero-order valence-electron chi connectivity index (χ0n) is 8.59. The number of carboxylic acid groups (broad SMARTS) is 1. The first-order chi connectivity index (χ1) is 5.87. The molecule has 1 heterocycles. The minimum Gasteiger partial charge on any atom is -0.481 e. The molecular formula is C10H18O3. The van der Waals surface area contributed by atoms with Crippen LogP contribution in [0.15, 0.2) is 0 Å². The van der Waals surface area contributed by atoms with E-state index in [0.29, 0.717) is 13.2 Å². The first-order valence-electron chi connectivity index (χ1n) is 4.67. The number of hydrogen-bond acceptors (Lipinski definition) is 2. The number of carboxylic acids is 1. The Kier molecular flexibility index (Phi) is 2.66. The summed E-state index contributed by atoms with van der Waals surface area (Å²) in [6.07, 6.45) is 1.08. The van der Waals surface area contributed by atoms with Crippen LogP contribution in [0.3, 0.4) is 0 Å². The zero-order chi connectivity index (χ0) is 10.1. The van der Waals surface area contributed by atoms with Crippen molar-refractivity contribution in [3.05, 3.63) is 0 Å². The van der Waals surface area contributed by atoms with Gasteiger partial charge in [0.2, 0.25) is 0 Å². The highest BCUT2D eigenvalue weighted by Gasteiger charge is 2.46. The lowest BCUT2D eigenvalue weighted by Gasteiger charge is -2.39. The molecule has 0 aromatic heterocycles. The monoisotopic (exact) mass is 186 g/mol. The molecule has 1 aliphatic heterocycles. The summed E-state index contributed by atoms with van der Waals surface area (Å²) in [5, 5.41) is 8.85. The molecule has 0 amide bonds. The minimum atomic E-state index is -0.722. The van der Waals surface area contributed by atoms with Gasteiger partial charge in [-0.2, -0.15) is 0 Å². The van der Waals surface area contributed by atoms with Gasteiger partial charge in [-0.3, -0.25) is 4.79 Å². The van der Waals surface area contributed by atoms with E-state index >= 15 is 0 Å². The van der Waals surface area contributed by atoms with Crippen LogP contribution in [0, 0.1) is 10.8 Å². The molecule has 1 unspecified atom stereocenters. The van der Waals surface area contributed by atoms with Gasteiger partial charge in [0.25, 0.3) is 0 Å².